The number of aliphatic hydroxyl groups excluding tert-OH is 1. The van der Waals surface area contributed by atoms with E-state index in [-0.39, 0.29) is 30.5 Å². The summed E-state index contributed by atoms with van der Waals surface area (Å²) in [6.45, 7) is 4.02. The fourth-order valence-electron chi connectivity index (χ4n) is 3.28. The van der Waals surface area contributed by atoms with Gasteiger partial charge in [-0.25, -0.2) is 8.78 Å². The van der Waals surface area contributed by atoms with E-state index in [4.69, 9.17) is 0 Å². The highest BCUT2D eigenvalue weighted by Gasteiger charge is 2.38. The summed E-state index contributed by atoms with van der Waals surface area (Å²) in [5.74, 6) is -1.43. The molecule has 1 aliphatic rings. The number of aliphatic hydroxyl groups is 1. The Morgan fingerprint density at radius 2 is 2.04 bits per heavy atom. The first-order valence-electron chi connectivity index (χ1n) is 7.99. The van der Waals surface area contributed by atoms with E-state index in [9.17, 15) is 18.7 Å². The first-order valence-corrected chi connectivity index (χ1v) is 7.99. The summed E-state index contributed by atoms with van der Waals surface area (Å²) in [5.41, 5.74) is 0.573. The van der Waals surface area contributed by atoms with Crippen LogP contribution in [-0.4, -0.2) is 33.1 Å². The lowest BCUT2D eigenvalue weighted by Gasteiger charge is -2.26. The monoisotopic (exact) mass is 334 g/mol. The smallest absolute Gasteiger partial charge is 0.271 e. The third-order valence-corrected chi connectivity index (χ3v) is 4.41. The lowest BCUT2D eigenvalue weighted by Crippen LogP contribution is -2.33. The number of hydrogen-bond donors (Lipinski definition) is 1. The third kappa shape index (κ3) is 2.94. The molecule has 0 bridgehead atoms. The van der Waals surface area contributed by atoms with Crippen LogP contribution in [0.25, 0.3) is 0 Å². The predicted octanol–water partition coefficient (Wildman–Crippen LogP) is 3.30. The number of likely N-dealkylation sites (tertiary alicyclic amines) is 1. The van der Waals surface area contributed by atoms with Crippen molar-refractivity contribution in [3.63, 3.8) is 0 Å². The molecule has 4 nitrogen and oxygen atoms in total. The van der Waals surface area contributed by atoms with E-state index in [1.807, 2.05) is 24.6 Å². The van der Waals surface area contributed by atoms with E-state index in [2.05, 4.69) is 0 Å². The van der Waals surface area contributed by atoms with Crippen molar-refractivity contribution in [1.29, 1.82) is 0 Å². The van der Waals surface area contributed by atoms with Gasteiger partial charge in [-0.1, -0.05) is 0 Å². The average molecular weight is 334 g/mol. The van der Waals surface area contributed by atoms with Crippen LogP contribution in [0.1, 0.15) is 48.4 Å². The van der Waals surface area contributed by atoms with Gasteiger partial charge in [0.25, 0.3) is 5.91 Å². The van der Waals surface area contributed by atoms with Crippen LogP contribution < -0.4 is 0 Å². The number of halogens is 2. The van der Waals surface area contributed by atoms with Crippen molar-refractivity contribution in [2.45, 2.75) is 38.5 Å². The zero-order valence-electron chi connectivity index (χ0n) is 13.6. The summed E-state index contributed by atoms with van der Waals surface area (Å²) in [6.07, 6.45) is 1.24. The van der Waals surface area contributed by atoms with Crippen molar-refractivity contribution in [2.75, 3.05) is 6.54 Å². The zero-order chi connectivity index (χ0) is 17.4. The Kier molecular flexibility index (Phi) is 4.41. The molecule has 2 atom stereocenters. The molecule has 0 aliphatic carbocycles. The summed E-state index contributed by atoms with van der Waals surface area (Å²) in [4.78, 5) is 14.4. The molecule has 3 rings (SSSR count). The number of aromatic nitrogens is 1. The van der Waals surface area contributed by atoms with Crippen molar-refractivity contribution in [3.8, 4) is 0 Å². The zero-order valence-corrected chi connectivity index (χ0v) is 13.6. The molecule has 1 aliphatic heterocycles. The van der Waals surface area contributed by atoms with Crippen LogP contribution in [0.2, 0.25) is 0 Å². The molecule has 0 unspecified atom stereocenters. The minimum Gasteiger partial charge on any atom is -0.391 e. The van der Waals surface area contributed by atoms with Crippen LogP contribution in [-0.2, 0) is 0 Å². The van der Waals surface area contributed by atoms with Gasteiger partial charge < -0.3 is 14.6 Å². The van der Waals surface area contributed by atoms with Gasteiger partial charge in [-0.3, -0.25) is 4.79 Å². The Morgan fingerprint density at radius 3 is 2.75 bits per heavy atom. The maximum atomic E-state index is 14.1. The Labute approximate surface area is 139 Å². The molecule has 1 aromatic carbocycles. The second-order valence-corrected chi connectivity index (χ2v) is 6.42. The SMILES string of the molecule is CC(C)n1cccc1C(=O)N1C[C@H](O)C[C@H]1c1cc(F)ccc1F. The average Bonchev–Trinajstić information content (AvgIpc) is 3.15. The molecular weight excluding hydrogens is 314 g/mol. The first-order chi connectivity index (χ1) is 11.4. The second-order valence-electron chi connectivity index (χ2n) is 6.42. The normalized spacial score (nSPS) is 20.8. The summed E-state index contributed by atoms with van der Waals surface area (Å²) < 4.78 is 29.5. The number of amides is 1. The van der Waals surface area contributed by atoms with Crippen LogP contribution in [0.4, 0.5) is 8.78 Å². The minimum absolute atomic E-state index is 0.0934. The van der Waals surface area contributed by atoms with Gasteiger partial charge in [0.05, 0.1) is 12.1 Å². The van der Waals surface area contributed by atoms with Gasteiger partial charge >= 0.3 is 0 Å². The number of rotatable bonds is 3. The Hall–Kier alpha value is -2.21. The van der Waals surface area contributed by atoms with E-state index in [0.717, 1.165) is 18.2 Å². The number of hydrogen-bond acceptors (Lipinski definition) is 2. The van der Waals surface area contributed by atoms with E-state index < -0.39 is 23.8 Å². The summed E-state index contributed by atoms with van der Waals surface area (Å²) in [7, 11) is 0. The van der Waals surface area contributed by atoms with Crippen LogP contribution in [0.15, 0.2) is 36.5 Å². The third-order valence-electron chi connectivity index (χ3n) is 4.41. The van der Waals surface area contributed by atoms with Gasteiger partial charge in [0, 0.05) is 24.3 Å². The summed E-state index contributed by atoms with van der Waals surface area (Å²) >= 11 is 0. The van der Waals surface area contributed by atoms with E-state index in [0.29, 0.717) is 5.69 Å². The Morgan fingerprint density at radius 1 is 1.29 bits per heavy atom. The molecular formula is C18H20F2N2O2. The molecule has 1 N–H and O–H groups in total. The molecule has 1 fully saturated rings. The van der Waals surface area contributed by atoms with Gasteiger partial charge in [0.15, 0.2) is 0 Å². The number of nitrogens with zero attached hydrogens (tertiary/aromatic N) is 2. The van der Waals surface area contributed by atoms with Crippen LogP contribution in [0, 0.1) is 11.6 Å². The van der Waals surface area contributed by atoms with Gasteiger partial charge in [-0.05, 0) is 50.6 Å². The first kappa shape index (κ1) is 16.6. The van der Waals surface area contributed by atoms with Crippen molar-refractivity contribution >= 4 is 5.91 Å². The van der Waals surface area contributed by atoms with Crippen molar-refractivity contribution < 1.29 is 18.7 Å². The molecule has 2 heterocycles. The van der Waals surface area contributed by atoms with E-state index in [1.54, 1.807) is 12.1 Å². The van der Waals surface area contributed by atoms with Crippen LogP contribution in [0.3, 0.4) is 0 Å². The van der Waals surface area contributed by atoms with Gasteiger partial charge in [-0.15, -0.1) is 0 Å². The molecule has 6 heteroatoms. The summed E-state index contributed by atoms with van der Waals surface area (Å²) in [5, 5.41) is 10.00. The highest BCUT2D eigenvalue weighted by molar-refractivity contribution is 5.93. The van der Waals surface area contributed by atoms with E-state index >= 15 is 0 Å². The molecule has 1 saturated heterocycles. The largest absolute Gasteiger partial charge is 0.391 e. The molecule has 24 heavy (non-hydrogen) atoms. The minimum atomic E-state index is -0.760. The fourth-order valence-corrected chi connectivity index (χ4v) is 3.28. The van der Waals surface area contributed by atoms with Crippen molar-refractivity contribution in [1.82, 2.24) is 9.47 Å². The molecule has 1 amide bonds. The number of carbonyl (C=O) groups is 1. The fraction of sp³-hybridized carbons (Fsp3) is 0.389. The van der Waals surface area contributed by atoms with Crippen molar-refractivity contribution in [3.05, 3.63) is 59.4 Å². The van der Waals surface area contributed by atoms with Crippen LogP contribution >= 0.6 is 0 Å². The second kappa shape index (κ2) is 6.36. The molecule has 0 saturated carbocycles. The molecule has 0 spiro atoms. The molecule has 2 aromatic rings. The number of benzene rings is 1. The summed E-state index contributed by atoms with van der Waals surface area (Å²) in [6, 6.07) is 6.08. The highest BCUT2D eigenvalue weighted by atomic mass is 19.1. The quantitative estimate of drug-likeness (QED) is 0.936. The highest BCUT2D eigenvalue weighted by Crippen LogP contribution is 2.35. The molecule has 1 aromatic heterocycles. The Bertz CT molecular complexity index is 757. The topological polar surface area (TPSA) is 45.5 Å². The predicted molar refractivity (Wildman–Crippen MR) is 85.6 cm³/mol. The van der Waals surface area contributed by atoms with Gasteiger partial charge in [0.1, 0.15) is 17.3 Å². The number of carbonyl (C=O) groups excluding carboxylic acids is 1. The van der Waals surface area contributed by atoms with Gasteiger partial charge in [0.2, 0.25) is 0 Å². The van der Waals surface area contributed by atoms with Gasteiger partial charge in [-0.2, -0.15) is 0 Å². The molecule has 0 radical (unpaired) electrons. The van der Waals surface area contributed by atoms with Crippen molar-refractivity contribution in [2.24, 2.45) is 0 Å². The molecule has 128 valence electrons. The maximum absolute atomic E-state index is 14.1. The van der Waals surface area contributed by atoms with E-state index in [1.165, 1.54) is 4.90 Å². The standard InChI is InChI=1S/C18H20F2N2O2/c1-11(2)21-7-3-4-16(21)18(24)22-10-13(23)9-17(22)14-8-12(19)5-6-15(14)20/h3-8,11,13,17,23H,9-10H2,1-2H3/t13-,17+/m1/s1. The maximum Gasteiger partial charge on any atom is 0.271 e. The lowest BCUT2D eigenvalue weighted by atomic mass is 10.0. The van der Waals surface area contributed by atoms with Crippen LogP contribution in [0.5, 0.6) is 0 Å². The Balaban J connectivity index is 1.97. The lowest BCUT2D eigenvalue weighted by molar-refractivity contribution is 0.0701. The number of β-amino-alcohol motifs (C(OH)–C–C–N with tert-alkyl or cyclic N) is 1.